The van der Waals surface area contributed by atoms with Gasteiger partial charge in [-0.3, -0.25) is 9.59 Å². The number of aliphatic carboxylic acids is 1. The number of carboxylic acids is 1. The molecule has 0 aliphatic rings. The second-order valence-electron chi connectivity index (χ2n) is 10.3. The minimum atomic E-state index is -0.657. The third-order valence-electron chi connectivity index (χ3n) is 7.00. The Morgan fingerprint density at radius 1 is 0.412 bits per heavy atom. The van der Waals surface area contributed by atoms with Crippen molar-refractivity contribution in [3.8, 4) is 0 Å². The van der Waals surface area contributed by atoms with Gasteiger partial charge in [0.05, 0.1) is 7.11 Å². The summed E-state index contributed by atoms with van der Waals surface area (Å²) in [5.41, 5.74) is 0. The Kier molecular flexibility index (Phi) is 27.3. The lowest BCUT2D eigenvalue weighted by Gasteiger charge is -2.04. The van der Waals surface area contributed by atoms with Crippen LogP contribution < -0.4 is 0 Å². The van der Waals surface area contributed by atoms with Crippen LogP contribution in [0.15, 0.2) is 0 Å². The zero-order chi connectivity index (χ0) is 25.0. The average Bonchev–Trinajstić information content (AvgIpc) is 2.83. The van der Waals surface area contributed by atoms with Crippen LogP contribution in [-0.2, 0) is 14.3 Å². The fraction of sp³-hybridized carbons (Fsp3) is 0.933. The molecule has 0 atom stereocenters. The molecule has 0 radical (unpaired) electrons. The molecule has 0 bridgehead atoms. The zero-order valence-electron chi connectivity index (χ0n) is 22.8. The molecule has 4 heteroatoms. The number of esters is 1. The zero-order valence-corrected chi connectivity index (χ0v) is 22.8. The Morgan fingerprint density at radius 3 is 0.824 bits per heavy atom. The Hall–Kier alpha value is -1.06. The van der Waals surface area contributed by atoms with Crippen LogP contribution in [0.5, 0.6) is 0 Å². The Balaban J connectivity index is 3.04. The van der Waals surface area contributed by atoms with Gasteiger partial charge in [-0.05, 0) is 12.8 Å². The molecule has 202 valence electrons. The summed E-state index contributed by atoms with van der Waals surface area (Å²) in [5, 5.41) is 8.61. The molecule has 0 aromatic carbocycles. The summed E-state index contributed by atoms with van der Waals surface area (Å²) in [4.78, 5) is 21.5. The van der Waals surface area contributed by atoms with Gasteiger partial charge in [0.1, 0.15) is 0 Å². The maximum atomic E-state index is 11.0. The molecule has 0 heterocycles. The summed E-state index contributed by atoms with van der Waals surface area (Å²) in [6.07, 6.45) is 33.9. The first-order chi connectivity index (χ1) is 16.7. The summed E-state index contributed by atoms with van der Waals surface area (Å²) >= 11 is 0. The molecule has 0 aromatic rings. The molecule has 0 fully saturated rings. The van der Waals surface area contributed by atoms with Crippen molar-refractivity contribution in [2.45, 2.75) is 173 Å². The first-order valence-electron chi connectivity index (χ1n) is 15.0. The van der Waals surface area contributed by atoms with E-state index in [4.69, 9.17) is 5.11 Å². The molecule has 0 unspecified atom stereocenters. The average molecular weight is 483 g/mol. The minimum Gasteiger partial charge on any atom is -0.481 e. The van der Waals surface area contributed by atoms with Crippen LogP contribution in [0.25, 0.3) is 0 Å². The SMILES string of the molecule is COC(=O)CCCCCCCCCCCCCCCCCCCCCCCCCCCC(=O)O. The molecule has 0 spiro atoms. The number of methoxy groups -OCH3 is 1. The second kappa shape index (κ2) is 28.2. The molecule has 0 rings (SSSR count). The number of carbonyl (C=O) groups excluding carboxylic acids is 1. The minimum absolute atomic E-state index is 0.0711. The largest absolute Gasteiger partial charge is 0.481 e. The van der Waals surface area contributed by atoms with E-state index in [0.717, 1.165) is 25.7 Å². The lowest BCUT2D eigenvalue weighted by molar-refractivity contribution is -0.141. The molecule has 0 saturated heterocycles. The number of rotatable bonds is 28. The van der Waals surface area contributed by atoms with E-state index in [1.807, 2.05) is 0 Å². The summed E-state index contributed by atoms with van der Waals surface area (Å²) < 4.78 is 4.66. The third-order valence-corrected chi connectivity index (χ3v) is 7.00. The van der Waals surface area contributed by atoms with Gasteiger partial charge in [0.2, 0.25) is 0 Å². The van der Waals surface area contributed by atoms with Gasteiger partial charge in [-0.25, -0.2) is 0 Å². The fourth-order valence-corrected chi connectivity index (χ4v) is 4.71. The van der Waals surface area contributed by atoms with Crippen molar-refractivity contribution in [1.29, 1.82) is 0 Å². The number of hydrogen-bond acceptors (Lipinski definition) is 3. The third kappa shape index (κ3) is 29.0. The van der Waals surface area contributed by atoms with Crippen molar-refractivity contribution in [3.05, 3.63) is 0 Å². The van der Waals surface area contributed by atoms with Crippen molar-refractivity contribution in [2.24, 2.45) is 0 Å². The van der Waals surface area contributed by atoms with E-state index < -0.39 is 5.97 Å². The van der Waals surface area contributed by atoms with Crippen molar-refractivity contribution in [2.75, 3.05) is 7.11 Å². The topological polar surface area (TPSA) is 63.6 Å². The maximum Gasteiger partial charge on any atom is 0.305 e. The van der Waals surface area contributed by atoms with Crippen molar-refractivity contribution in [1.82, 2.24) is 0 Å². The van der Waals surface area contributed by atoms with Gasteiger partial charge in [0, 0.05) is 12.8 Å². The van der Waals surface area contributed by atoms with Gasteiger partial charge in [-0.1, -0.05) is 148 Å². The molecule has 0 saturated carbocycles. The molecule has 34 heavy (non-hydrogen) atoms. The molecule has 0 aliphatic heterocycles. The molecule has 0 aliphatic carbocycles. The molecule has 1 N–H and O–H groups in total. The van der Waals surface area contributed by atoms with Crippen LogP contribution in [0.3, 0.4) is 0 Å². The molecular formula is C30H58O4. The number of ether oxygens (including phenoxy) is 1. The number of carbonyl (C=O) groups is 2. The molecular weight excluding hydrogens is 424 g/mol. The summed E-state index contributed by atoms with van der Waals surface area (Å²) in [7, 11) is 1.47. The predicted octanol–water partition coefficient (Wildman–Crippen LogP) is 9.78. The fourth-order valence-electron chi connectivity index (χ4n) is 4.71. The summed E-state index contributed by atoms with van der Waals surface area (Å²) in [5.74, 6) is -0.728. The molecule has 4 nitrogen and oxygen atoms in total. The lowest BCUT2D eigenvalue weighted by atomic mass is 10.0. The van der Waals surface area contributed by atoms with Gasteiger partial charge < -0.3 is 9.84 Å². The predicted molar refractivity (Wildman–Crippen MR) is 144 cm³/mol. The Morgan fingerprint density at radius 2 is 0.618 bits per heavy atom. The van der Waals surface area contributed by atoms with Gasteiger partial charge in [0.25, 0.3) is 0 Å². The van der Waals surface area contributed by atoms with E-state index >= 15 is 0 Å². The maximum absolute atomic E-state index is 11.0. The van der Waals surface area contributed by atoms with Crippen LogP contribution in [0, 0.1) is 0 Å². The van der Waals surface area contributed by atoms with Crippen LogP contribution in [0.1, 0.15) is 173 Å². The Bertz CT molecular complexity index is 436. The monoisotopic (exact) mass is 482 g/mol. The summed E-state index contributed by atoms with van der Waals surface area (Å²) in [6, 6.07) is 0. The number of unbranched alkanes of at least 4 members (excludes halogenated alkanes) is 24. The van der Waals surface area contributed by atoms with E-state index in [1.165, 1.54) is 142 Å². The number of hydrogen-bond donors (Lipinski definition) is 1. The highest BCUT2D eigenvalue weighted by Crippen LogP contribution is 2.16. The van der Waals surface area contributed by atoms with E-state index in [1.54, 1.807) is 0 Å². The highest BCUT2D eigenvalue weighted by Gasteiger charge is 2.00. The summed E-state index contributed by atoms with van der Waals surface area (Å²) in [6.45, 7) is 0. The van der Waals surface area contributed by atoms with Crippen LogP contribution in [-0.4, -0.2) is 24.2 Å². The van der Waals surface area contributed by atoms with Crippen LogP contribution in [0.2, 0.25) is 0 Å². The highest BCUT2D eigenvalue weighted by molar-refractivity contribution is 5.69. The molecule has 0 aromatic heterocycles. The first-order valence-corrected chi connectivity index (χ1v) is 15.0. The van der Waals surface area contributed by atoms with Crippen molar-refractivity contribution in [3.63, 3.8) is 0 Å². The van der Waals surface area contributed by atoms with Gasteiger partial charge in [-0.15, -0.1) is 0 Å². The lowest BCUT2D eigenvalue weighted by Crippen LogP contribution is -1.99. The van der Waals surface area contributed by atoms with E-state index in [-0.39, 0.29) is 5.97 Å². The van der Waals surface area contributed by atoms with Gasteiger partial charge in [0.15, 0.2) is 0 Å². The smallest absolute Gasteiger partial charge is 0.305 e. The van der Waals surface area contributed by atoms with Gasteiger partial charge >= 0.3 is 11.9 Å². The molecule has 0 amide bonds. The van der Waals surface area contributed by atoms with E-state index in [9.17, 15) is 9.59 Å². The standard InChI is InChI=1S/C30H58O4/c1-34-30(33)28-26-24-22-20-18-16-14-12-10-8-6-4-2-3-5-7-9-11-13-15-17-19-21-23-25-27-29(31)32/h2-28H2,1H3,(H,31,32). The second-order valence-corrected chi connectivity index (χ2v) is 10.3. The highest BCUT2D eigenvalue weighted by atomic mass is 16.5. The quantitative estimate of drug-likeness (QED) is 0.0890. The van der Waals surface area contributed by atoms with Crippen molar-refractivity contribution < 1.29 is 19.4 Å². The van der Waals surface area contributed by atoms with Crippen LogP contribution >= 0.6 is 0 Å². The first kappa shape index (κ1) is 32.9. The Labute approximate surface area is 212 Å². The van der Waals surface area contributed by atoms with Crippen LogP contribution in [0.4, 0.5) is 0 Å². The van der Waals surface area contributed by atoms with E-state index in [2.05, 4.69) is 4.74 Å². The number of carboxylic acid groups (broad SMARTS) is 1. The van der Waals surface area contributed by atoms with E-state index in [0.29, 0.717) is 12.8 Å². The van der Waals surface area contributed by atoms with Gasteiger partial charge in [-0.2, -0.15) is 0 Å². The normalized spacial score (nSPS) is 11.1. The van der Waals surface area contributed by atoms with Crippen molar-refractivity contribution >= 4 is 11.9 Å².